The Hall–Kier alpha value is -3.38. The second kappa shape index (κ2) is 10.6. The number of anilines is 1. The van der Waals surface area contributed by atoms with Gasteiger partial charge in [0, 0.05) is 16.3 Å². The van der Waals surface area contributed by atoms with E-state index < -0.39 is 11.8 Å². The van der Waals surface area contributed by atoms with Crippen molar-refractivity contribution in [3.63, 3.8) is 0 Å². The lowest BCUT2D eigenvalue weighted by Gasteiger charge is -2.11. The van der Waals surface area contributed by atoms with E-state index in [4.69, 9.17) is 16.3 Å². The molecule has 3 rings (SSSR count). The van der Waals surface area contributed by atoms with Crippen LogP contribution in [0.4, 0.5) is 5.69 Å². The fourth-order valence-corrected chi connectivity index (χ4v) is 3.16. The largest absolute Gasteiger partial charge is 0.493 e. The zero-order chi connectivity index (χ0) is 22.2. The highest BCUT2D eigenvalue weighted by Crippen LogP contribution is 2.27. The Morgan fingerprint density at radius 3 is 2.68 bits per heavy atom. The third-order valence-electron chi connectivity index (χ3n) is 4.55. The summed E-state index contributed by atoms with van der Waals surface area (Å²) in [5, 5.41) is 9.23. The van der Waals surface area contributed by atoms with Crippen molar-refractivity contribution in [2.24, 2.45) is 5.10 Å². The fourth-order valence-electron chi connectivity index (χ4n) is 2.98. The Balaban J connectivity index is 1.65. The summed E-state index contributed by atoms with van der Waals surface area (Å²) in [5.74, 6) is -0.291. The van der Waals surface area contributed by atoms with Crippen LogP contribution in [0.5, 0.6) is 5.75 Å². The van der Waals surface area contributed by atoms with Crippen LogP contribution < -0.4 is 15.5 Å². The number of nitrogens with zero attached hydrogens (tertiary/aromatic N) is 1. The topological polar surface area (TPSA) is 79.8 Å². The second-order valence-corrected chi connectivity index (χ2v) is 7.44. The first-order valence-electron chi connectivity index (χ1n) is 10.0. The first kappa shape index (κ1) is 22.3. The molecule has 0 atom stereocenters. The Morgan fingerprint density at radius 1 is 1.10 bits per heavy atom. The number of hydrogen-bond acceptors (Lipinski definition) is 4. The van der Waals surface area contributed by atoms with Gasteiger partial charge in [0.2, 0.25) is 11.8 Å². The molecule has 0 fully saturated rings. The quantitative estimate of drug-likeness (QED) is 0.293. The first-order chi connectivity index (χ1) is 15.0. The van der Waals surface area contributed by atoms with Crippen molar-refractivity contribution < 1.29 is 14.3 Å². The fraction of sp³-hybridized carbons (Fsp3) is 0.208. The molecule has 0 aliphatic rings. The number of amides is 2. The van der Waals surface area contributed by atoms with Gasteiger partial charge in [0.05, 0.1) is 12.8 Å². The van der Waals surface area contributed by atoms with Gasteiger partial charge in [0.15, 0.2) is 0 Å². The summed E-state index contributed by atoms with van der Waals surface area (Å²) in [6, 6.07) is 16.9. The molecule has 6 nitrogen and oxygen atoms in total. The molecule has 2 amide bonds. The summed E-state index contributed by atoms with van der Waals surface area (Å²) in [5.41, 5.74) is 4.61. The van der Waals surface area contributed by atoms with E-state index in [0.717, 1.165) is 28.3 Å². The zero-order valence-corrected chi connectivity index (χ0v) is 18.2. The third-order valence-corrected chi connectivity index (χ3v) is 4.96. The Kier molecular flexibility index (Phi) is 7.62. The van der Waals surface area contributed by atoms with Crippen molar-refractivity contribution >= 4 is 46.1 Å². The van der Waals surface area contributed by atoms with E-state index in [1.165, 1.54) is 0 Å². The minimum absolute atomic E-state index is 0.364. The van der Waals surface area contributed by atoms with Gasteiger partial charge in [-0.05, 0) is 47.9 Å². The van der Waals surface area contributed by atoms with Crippen molar-refractivity contribution in [3.05, 3.63) is 70.7 Å². The standard InChI is InChI=1S/C24H24ClN3O3/c1-3-12-31-22-11-9-17-6-4-5-7-19(17)20(22)15-26-28-24(30)14-23(29)27-18-10-8-16(2)21(25)13-18/h4-11,13,15H,3,12,14H2,1-2H3,(H,27,29)(H,28,30). The predicted octanol–water partition coefficient (Wildman–Crippen LogP) is 5.07. The van der Waals surface area contributed by atoms with Crippen molar-refractivity contribution in [3.8, 4) is 5.75 Å². The molecule has 0 bridgehead atoms. The maximum atomic E-state index is 12.1. The summed E-state index contributed by atoms with van der Waals surface area (Å²) < 4.78 is 5.82. The molecule has 0 aliphatic heterocycles. The number of rotatable bonds is 8. The molecule has 0 saturated carbocycles. The number of benzene rings is 3. The molecule has 3 aromatic rings. The van der Waals surface area contributed by atoms with Crippen molar-refractivity contribution in [1.29, 1.82) is 0 Å². The molecule has 0 saturated heterocycles. The molecule has 0 spiro atoms. The number of aryl methyl sites for hydroxylation is 1. The smallest absolute Gasteiger partial charge is 0.249 e. The highest BCUT2D eigenvalue weighted by molar-refractivity contribution is 6.31. The summed E-state index contributed by atoms with van der Waals surface area (Å²) in [6.45, 7) is 4.48. The van der Waals surface area contributed by atoms with Gasteiger partial charge in [0.25, 0.3) is 0 Å². The Morgan fingerprint density at radius 2 is 1.90 bits per heavy atom. The first-order valence-corrected chi connectivity index (χ1v) is 10.4. The van der Waals surface area contributed by atoms with Crippen molar-refractivity contribution in [2.45, 2.75) is 26.7 Å². The number of nitrogens with one attached hydrogen (secondary N) is 2. The highest BCUT2D eigenvalue weighted by atomic mass is 35.5. The summed E-state index contributed by atoms with van der Waals surface area (Å²) >= 11 is 6.06. The van der Waals surface area contributed by atoms with Crippen LogP contribution in [0.2, 0.25) is 5.02 Å². The molecule has 31 heavy (non-hydrogen) atoms. The molecule has 7 heteroatoms. The number of fused-ring (bicyclic) bond motifs is 1. The van der Waals surface area contributed by atoms with E-state index in [2.05, 4.69) is 15.8 Å². The lowest BCUT2D eigenvalue weighted by molar-refractivity contribution is -0.126. The van der Waals surface area contributed by atoms with Crippen LogP contribution in [-0.4, -0.2) is 24.6 Å². The predicted molar refractivity (Wildman–Crippen MR) is 125 cm³/mol. The van der Waals surface area contributed by atoms with E-state index in [-0.39, 0.29) is 6.42 Å². The third kappa shape index (κ3) is 6.06. The van der Waals surface area contributed by atoms with Gasteiger partial charge in [0.1, 0.15) is 12.2 Å². The van der Waals surface area contributed by atoms with E-state index in [1.54, 1.807) is 24.4 Å². The van der Waals surface area contributed by atoms with Crippen LogP contribution in [0.15, 0.2) is 59.7 Å². The van der Waals surface area contributed by atoms with Gasteiger partial charge in [-0.1, -0.05) is 54.9 Å². The van der Waals surface area contributed by atoms with Gasteiger partial charge in [-0.2, -0.15) is 5.10 Å². The molecule has 2 N–H and O–H groups in total. The van der Waals surface area contributed by atoms with Crippen LogP contribution in [-0.2, 0) is 9.59 Å². The molecule has 0 aliphatic carbocycles. The average Bonchev–Trinajstić information content (AvgIpc) is 2.75. The molecule has 160 valence electrons. The number of hydrazone groups is 1. The van der Waals surface area contributed by atoms with Crippen LogP contribution in [0.1, 0.15) is 30.9 Å². The summed E-state index contributed by atoms with van der Waals surface area (Å²) in [4.78, 5) is 24.2. The number of carbonyl (C=O) groups is 2. The van der Waals surface area contributed by atoms with Crippen LogP contribution in [0.25, 0.3) is 10.8 Å². The number of halogens is 1. The number of carbonyl (C=O) groups excluding carboxylic acids is 2. The van der Waals surface area contributed by atoms with Crippen molar-refractivity contribution in [2.75, 3.05) is 11.9 Å². The lowest BCUT2D eigenvalue weighted by Crippen LogP contribution is -2.24. The van der Waals surface area contributed by atoms with Gasteiger partial charge < -0.3 is 10.1 Å². The van der Waals surface area contributed by atoms with Crippen LogP contribution >= 0.6 is 11.6 Å². The molecule has 0 unspecified atom stereocenters. The van der Waals surface area contributed by atoms with Crippen LogP contribution in [0, 0.1) is 6.92 Å². The maximum Gasteiger partial charge on any atom is 0.249 e. The number of ether oxygens (including phenoxy) is 1. The maximum absolute atomic E-state index is 12.1. The van der Waals surface area contributed by atoms with Gasteiger partial charge >= 0.3 is 0 Å². The lowest BCUT2D eigenvalue weighted by atomic mass is 10.0. The summed E-state index contributed by atoms with van der Waals surface area (Å²) in [7, 11) is 0. The molecule has 0 radical (unpaired) electrons. The van der Waals surface area contributed by atoms with Gasteiger partial charge in [-0.3, -0.25) is 9.59 Å². The van der Waals surface area contributed by atoms with E-state index >= 15 is 0 Å². The molecule has 0 aromatic heterocycles. The van der Waals surface area contributed by atoms with Crippen LogP contribution in [0.3, 0.4) is 0 Å². The van der Waals surface area contributed by atoms with Gasteiger partial charge in [-0.25, -0.2) is 5.43 Å². The summed E-state index contributed by atoms with van der Waals surface area (Å²) in [6.07, 6.45) is 2.06. The van der Waals surface area contributed by atoms with E-state index in [1.807, 2.05) is 50.2 Å². The Bertz CT molecular complexity index is 1130. The normalized spacial score (nSPS) is 10.9. The highest BCUT2D eigenvalue weighted by Gasteiger charge is 2.11. The van der Waals surface area contributed by atoms with E-state index in [0.29, 0.717) is 23.1 Å². The zero-order valence-electron chi connectivity index (χ0n) is 17.4. The molecule has 0 heterocycles. The second-order valence-electron chi connectivity index (χ2n) is 7.03. The monoisotopic (exact) mass is 437 g/mol. The minimum Gasteiger partial charge on any atom is -0.493 e. The number of hydrogen-bond donors (Lipinski definition) is 2. The average molecular weight is 438 g/mol. The molecular weight excluding hydrogens is 414 g/mol. The molecule has 3 aromatic carbocycles. The SMILES string of the molecule is CCCOc1ccc2ccccc2c1C=NNC(=O)CC(=O)Nc1ccc(C)c(Cl)c1. The Labute approximate surface area is 186 Å². The van der Waals surface area contributed by atoms with Crippen molar-refractivity contribution in [1.82, 2.24) is 5.43 Å². The van der Waals surface area contributed by atoms with Gasteiger partial charge in [-0.15, -0.1) is 0 Å². The van der Waals surface area contributed by atoms with E-state index in [9.17, 15) is 9.59 Å². The minimum atomic E-state index is -0.525. The molecular formula is C24H24ClN3O3.